The summed E-state index contributed by atoms with van der Waals surface area (Å²) in [7, 11) is 0. The first-order valence-corrected chi connectivity index (χ1v) is 5.20. The van der Waals surface area contributed by atoms with Gasteiger partial charge in [0, 0.05) is 26.3 Å². The topological polar surface area (TPSA) is 32.6 Å². The Balaban J connectivity index is 2.76. The second-order valence-electron chi connectivity index (χ2n) is 2.90. The van der Waals surface area contributed by atoms with Gasteiger partial charge in [0.15, 0.2) is 0 Å². The molecular formula is C10H22NO2. The van der Waals surface area contributed by atoms with Gasteiger partial charge in [-0.25, -0.2) is 5.32 Å². The molecule has 13 heavy (non-hydrogen) atoms. The van der Waals surface area contributed by atoms with Crippen LogP contribution in [0.4, 0.5) is 0 Å². The lowest BCUT2D eigenvalue weighted by atomic mass is 10.5. The van der Waals surface area contributed by atoms with E-state index in [4.69, 9.17) is 9.47 Å². The molecule has 0 fully saturated rings. The highest BCUT2D eigenvalue weighted by atomic mass is 16.5. The molecule has 0 bridgehead atoms. The van der Waals surface area contributed by atoms with Gasteiger partial charge in [-0.15, -0.1) is 0 Å². The first kappa shape index (κ1) is 12.9. The quantitative estimate of drug-likeness (QED) is 0.486. The Morgan fingerprint density at radius 3 is 1.62 bits per heavy atom. The minimum atomic E-state index is 0.752. The molecule has 0 amide bonds. The third-order valence-corrected chi connectivity index (χ3v) is 1.48. The van der Waals surface area contributed by atoms with E-state index < -0.39 is 0 Å². The summed E-state index contributed by atoms with van der Waals surface area (Å²) in [6.45, 7) is 9.02. The van der Waals surface area contributed by atoms with Crippen LogP contribution in [0, 0.1) is 0 Å². The van der Waals surface area contributed by atoms with Gasteiger partial charge in [0.1, 0.15) is 0 Å². The molecule has 0 heterocycles. The molecular weight excluding hydrogens is 166 g/mol. The molecule has 0 aliphatic rings. The minimum absolute atomic E-state index is 0.752. The van der Waals surface area contributed by atoms with Crippen LogP contribution >= 0.6 is 0 Å². The molecule has 0 aliphatic heterocycles. The number of hydrogen-bond acceptors (Lipinski definition) is 2. The highest BCUT2D eigenvalue weighted by molar-refractivity contribution is 4.44. The summed E-state index contributed by atoms with van der Waals surface area (Å²) < 4.78 is 10.6. The SMILES string of the molecule is CCCOCC[N]CCOCCC. The highest BCUT2D eigenvalue weighted by Gasteiger charge is 1.89. The second kappa shape index (κ2) is 11.9. The van der Waals surface area contributed by atoms with Gasteiger partial charge in [-0.1, -0.05) is 13.8 Å². The number of hydrogen-bond donors (Lipinski definition) is 0. The minimum Gasteiger partial charge on any atom is -0.380 e. The van der Waals surface area contributed by atoms with E-state index in [-0.39, 0.29) is 0 Å². The normalized spacial score (nSPS) is 10.6. The van der Waals surface area contributed by atoms with Gasteiger partial charge in [0.25, 0.3) is 0 Å². The molecule has 0 atom stereocenters. The lowest BCUT2D eigenvalue weighted by molar-refractivity contribution is 0.121. The number of rotatable bonds is 10. The van der Waals surface area contributed by atoms with Crippen LogP contribution in [-0.2, 0) is 9.47 Å². The maximum Gasteiger partial charge on any atom is 0.0607 e. The lowest BCUT2D eigenvalue weighted by Crippen LogP contribution is -2.17. The number of nitrogens with zero attached hydrogens (tertiary/aromatic N) is 1. The zero-order valence-electron chi connectivity index (χ0n) is 8.92. The van der Waals surface area contributed by atoms with Crippen LogP contribution < -0.4 is 5.32 Å². The molecule has 3 nitrogen and oxygen atoms in total. The van der Waals surface area contributed by atoms with E-state index in [2.05, 4.69) is 19.2 Å². The largest absolute Gasteiger partial charge is 0.380 e. The average molecular weight is 188 g/mol. The predicted octanol–water partition coefficient (Wildman–Crippen LogP) is 1.44. The van der Waals surface area contributed by atoms with Gasteiger partial charge in [0.05, 0.1) is 13.2 Å². The van der Waals surface area contributed by atoms with Crippen LogP contribution in [-0.4, -0.2) is 39.5 Å². The first-order valence-electron chi connectivity index (χ1n) is 5.20. The third kappa shape index (κ3) is 11.9. The van der Waals surface area contributed by atoms with E-state index in [0.29, 0.717) is 0 Å². The summed E-state index contributed by atoms with van der Waals surface area (Å²) in [4.78, 5) is 0. The van der Waals surface area contributed by atoms with E-state index >= 15 is 0 Å². The lowest BCUT2D eigenvalue weighted by Gasteiger charge is -2.03. The van der Waals surface area contributed by atoms with E-state index in [9.17, 15) is 0 Å². The van der Waals surface area contributed by atoms with Crippen molar-refractivity contribution in [2.75, 3.05) is 39.5 Å². The average Bonchev–Trinajstić information content (AvgIpc) is 2.16. The molecule has 79 valence electrons. The van der Waals surface area contributed by atoms with Gasteiger partial charge in [-0.3, -0.25) is 0 Å². The molecule has 1 radical (unpaired) electrons. The van der Waals surface area contributed by atoms with Gasteiger partial charge in [-0.2, -0.15) is 0 Å². The van der Waals surface area contributed by atoms with Crippen LogP contribution in [0.15, 0.2) is 0 Å². The molecule has 0 aromatic carbocycles. The Morgan fingerprint density at radius 2 is 1.23 bits per heavy atom. The van der Waals surface area contributed by atoms with Crippen molar-refractivity contribution in [3.63, 3.8) is 0 Å². The van der Waals surface area contributed by atoms with Gasteiger partial charge in [0.2, 0.25) is 0 Å². The Kier molecular flexibility index (Phi) is 11.8. The Morgan fingerprint density at radius 1 is 0.769 bits per heavy atom. The predicted molar refractivity (Wildman–Crippen MR) is 54.1 cm³/mol. The first-order chi connectivity index (χ1) is 6.41. The van der Waals surface area contributed by atoms with Crippen molar-refractivity contribution in [3.8, 4) is 0 Å². The molecule has 0 N–H and O–H groups in total. The molecule has 0 aromatic heterocycles. The van der Waals surface area contributed by atoms with E-state index in [1.807, 2.05) is 0 Å². The number of ether oxygens (including phenoxy) is 2. The van der Waals surface area contributed by atoms with Crippen LogP contribution in [0.5, 0.6) is 0 Å². The summed E-state index contributed by atoms with van der Waals surface area (Å²) in [6, 6.07) is 0. The van der Waals surface area contributed by atoms with Crippen LogP contribution in [0.3, 0.4) is 0 Å². The zero-order chi connectivity index (χ0) is 9.78. The van der Waals surface area contributed by atoms with Crippen molar-refractivity contribution in [2.45, 2.75) is 26.7 Å². The fourth-order valence-corrected chi connectivity index (χ4v) is 0.863. The van der Waals surface area contributed by atoms with Crippen molar-refractivity contribution >= 4 is 0 Å². The van der Waals surface area contributed by atoms with Crippen molar-refractivity contribution in [2.24, 2.45) is 0 Å². The maximum atomic E-state index is 5.28. The molecule has 3 heteroatoms. The molecule has 0 saturated heterocycles. The van der Waals surface area contributed by atoms with Gasteiger partial charge in [-0.05, 0) is 12.8 Å². The second-order valence-corrected chi connectivity index (χ2v) is 2.90. The molecule has 0 aromatic rings. The highest BCUT2D eigenvalue weighted by Crippen LogP contribution is 1.80. The molecule has 0 spiro atoms. The Labute approximate surface area is 81.8 Å². The van der Waals surface area contributed by atoms with Crippen LogP contribution in [0.1, 0.15) is 26.7 Å². The van der Waals surface area contributed by atoms with E-state index in [1.54, 1.807) is 0 Å². The van der Waals surface area contributed by atoms with Crippen molar-refractivity contribution in [3.05, 3.63) is 0 Å². The zero-order valence-corrected chi connectivity index (χ0v) is 8.92. The van der Waals surface area contributed by atoms with E-state index in [1.165, 1.54) is 0 Å². The van der Waals surface area contributed by atoms with Gasteiger partial charge >= 0.3 is 0 Å². The Hall–Kier alpha value is -0.120. The molecule has 0 rings (SSSR count). The van der Waals surface area contributed by atoms with Crippen LogP contribution in [0.25, 0.3) is 0 Å². The fraction of sp³-hybridized carbons (Fsp3) is 1.00. The molecule has 0 aliphatic carbocycles. The maximum absolute atomic E-state index is 5.28. The fourth-order valence-electron chi connectivity index (χ4n) is 0.863. The van der Waals surface area contributed by atoms with Crippen molar-refractivity contribution < 1.29 is 9.47 Å². The summed E-state index contributed by atoms with van der Waals surface area (Å²) >= 11 is 0. The smallest absolute Gasteiger partial charge is 0.0607 e. The molecule has 0 saturated carbocycles. The molecule has 0 unspecified atom stereocenters. The van der Waals surface area contributed by atoms with Gasteiger partial charge < -0.3 is 9.47 Å². The Bertz CT molecular complexity index is 79.0. The monoisotopic (exact) mass is 188 g/mol. The van der Waals surface area contributed by atoms with E-state index in [0.717, 1.165) is 52.4 Å². The standard InChI is InChI=1S/C10H22NO2/c1-3-7-12-9-5-11-6-10-13-8-4-2/h3-10H2,1-2H3. The summed E-state index contributed by atoms with van der Waals surface area (Å²) in [5.41, 5.74) is 0. The van der Waals surface area contributed by atoms with Crippen molar-refractivity contribution in [1.29, 1.82) is 0 Å². The summed E-state index contributed by atoms with van der Waals surface area (Å²) in [5.74, 6) is 0. The van der Waals surface area contributed by atoms with Crippen molar-refractivity contribution in [1.82, 2.24) is 5.32 Å². The third-order valence-electron chi connectivity index (χ3n) is 1.48. The summed E-state index contributed by atoms with van der Waals surface area (Å²) in [6.07, 6.45) is 2.17. The summed E-state index contributed by atoms with van der Waals surface area (Å²) in [5, 5.41) is 4.26. The van der Waals surface area contributed by atoms with Crippen LogP contribution in [0.2, 0.25) is 0 Å².